The van der Waals surface area contributed by atoms with Gasteiger partial charge in [-0.2, -0.15) is 0 Å². The second-order valence-corrected chi connectivity index (χ2v) is 7.87. The first-order valence-electron chi connectivity index (χ1n) is 9.59. The van der Waals surface area contributed by atoms with Crippen LogP contribution in [0.3, 0.4) is 0 Å². The van der Waals surface area contributed by atoms with Crippen LogP contribution in [0.1, 0.15) is 25.7 Å². The summed E-state index contributed by atoms with van der Waals surface area (Å²) in [5, 5.41) is 9.72. The largest absolute Gasteiger partial charge is 0.342 e. The number of hydrogen-bond donors (Lipinski definition) is 0. The van der Waals surface area contributed by atoms with E-state index in [0.717, 1.165) is 31.4 Å². The van der Waals surface area contributed by atoms with Gasteiger partial charge in [0.2, 0.25) is 11.7 Å². The number of hydrogen-bond acceptors (Lipinski definition) is 5. The molecule has 0 radical (unpaired) electrons. The number of carbonyl (C=O) groups excluding carboxylic acids is 1. The summed E-state index contributed by atoms with van der Waals surface area (Å²) in [4.78, 5) is 27.4. The molecule has 2 aromatic heterocycles. The number of aromatic nitrogens is 4. The minimum Gasteiger partial charge on any atom is -0.342 e. The summed E-state index contributed by atoms with van der Waals surface area (Å²) in [5.41, 5.74) is 0.630. The van der Waals surface area contributed by atoms with Crippen molar-refractivity contribution in [3.05, 3.63) is 47.3 Å². The van der Waals surface area contributed by atoms with Gasteiger partial charge in [0.05, 0.1) is 16.7 Å². The second kappa shape index (κ2) is 8.18. The van der Waals surface area contributed by atoms with Crippen molar-refractivity contribution < 1.29 is 4.79 Å². The van der Waals surface area contributed by atoms with Crippen LogP contribution in [0.15, 0.2) is 46.9 Å². The Balaban J connectivity index is 1.69. The van der Waals surface area contributed by atoms with Gasteiger partial charge in [0, 0.05) is 19.6 Å². The van der Waals surface area contributed by atoms with Crippen molar-refractivity contribution in [2.75, 3.05) is 18.8 Å². The van der Waals surface area contributed by atoms with E-state index >= 15 is 0 Å². The quantitative estimate of drug-likeness (QED) is 0.489. The van der Waals surface area contributed by atoms with Gasteiger partial charge in [-0.15, -0.1) is 16.8 Å². The first-order chi connectivity index (χ1) is 13.7. The van der Waals surface area contributed by atoms with Crippen LogP contribution in [0, 0.1) is 0 Å². The maximum absolute atomic E-state index is 12.8. The number of thioether (sulfide) groups is 1. The number of benzene rings is 1. The van der Waals surface area contributed by atoms with E-state index in [1.807, 2.05) is 27.5 Å². The van der Waals surface area contributed by atoms with Crippen molar-refractivity contribution >= 4 is 34.3 Å². The number of para-hydroxylation sites is 1. The van der Waals surface area contributed by atoms with Crippen LogP contribution >= 0.6 is 11.8 Å². The smallest absolute Gasteiger partial charge is 0.263 e. The summed E-state index contributed by atoms with van der Waals surface area (Å²) >= 11 is 1.37. The van der Waals surface area contributed by atoms with Crippen molar-refractivity contribution in [2.24, 2.45) is 0 Å². The Morgan fingerprint density at radius 1 is 1.14 bits per heavy atom. The molecule has 0 bridgehead atoms. The number of rotatable bonds is 5. The molecule has 1 amide bonds. The Morgan fingerprint density at radius 3 is 2.64 bits per heavy atom. The highest BCUT2D eigenvalue weighted by atomic mass is 32.2. The van der Waals surface area contributed by atoms with Crippen LogP contribution in [-0.2, 0) is 11.3 Å². The minimum absolute atomic E-state index is 0.118. The van der Waals surface area contributed by atoms with Crippen molar-refractivity contribution in [3.8, 4) is 0 Å². The van der Waals surface area contributed by atoms with Crippen molar-refractivity contribution in [1.29, 1.82) is 0 Å². The van der Waals surface area contributed by atoms with Gasteiger partial charge in [-0.25, -0.2) is 0 Å². The van der Waals surface area contributed by atoms with E-state index in [-0.39, 0.29) is 11.5 Å². The number of amides is 1. The molecule has 28 heavy (non-hydrogen) atoms. The van der Waals surface area contributed by atoms with Crippen LogP contribution in [-0.4, -0.2) is 48.8 Å². The van der Waals surface area contributed by atoms with Crippen molar-refractivity contribution in [2.45, 2.75) is 37.4 Å². The molecule has 3 aromatic rings. The Morgan fingerprint density at radius 2 is 1.89 bits per heavy atom. The third kappa shape index (κ3) is 3.44. The molecule has 7 nitrogen and oxygen atoms in total. The molecule has 0 N–H and O–H groups in total. The summed E-state index contributed by atoms with van der Waals surface area (Å²) < 4.78 is 3.42. The van der Waals surface area contributed by atoms with Crippen molar-refractivity contribution in [3.63, 3.8) is 0 Å². The Hall–Kier alpha value is -2.61. The first-order valence-corrected chi connectivity index (χ1v) is 10.6. The van der Waals surface area contributed by atoms with E-state index in [1.54, 1.807) is 16.7 Å². The highest BCUT2D eigenvalue weighted by Gasteiger charge is 2.19. The van der Waals surface area contributed by atoms with Crippen LogP contribution in [0.4, 0.5) is 0 Å². The summed E-state index contributed by atoms with van der Waals surface area (Å²) in [6.07, 6.45) is 6.20. The molecule has 146 valence electrons. The molecule has 1 saturated heterocycles. The Kier molecular flexibility index (Phi) is 5.47. The number of allylic oxidation sites excluding steroid dienone is 1. The van der Waals surface area contributed by atoms with Gasteiger partial charge in [-0.1, -0.05) is 42.8 Å². The monoisotopic (exact) mass is 397 g/mol. The lowest BCUT2D eigenvalue weighted by atomic mass is 10.2. The fourth-order valence-electron chi connectivity index (χ4n) is 3.66. The molecule has 0 atom stereocenters. The van der Waals surface area contributed by atoms with Gasteiger partial charge in [0.15, 0.2) is 5.16 Å². The molecule has 0 aliphatic carbocycles. The van der Waals surface area contributed by atoms with E-state index in [2.05, 4.69) is 16.8 Å². The van der Waals surface area contributed by atoms with Gasteiger partial charge in [0.25, 0.3) is 5.56 Å². The summed E-state index contributed by atoms with van der Waals surface area (Å²) in [7, 11) is 0. The predicted molar refractivity (Wildman–Crippen MR) is 111 cm³/mol. The third-order valence-electron chi connectivity index (χ3n) is 5.07. The average Bonchev–Trinajstić information content (AvgIpc) is 2.94. The Labute approximate surface area is 167 Å². The molecule has 0 unspecified atom stereocenters. The summed E-state index contributed by atoms with van der Waals surface area (Å²) in [5.74, 6) is 0.913. The van der Waals surface area contributed by atoms with Crippen molar-refractivity contribution in [1.82, 2.24) is 24.1 Å². The van der Waals surface area contributed by atoms with Gasteiger partial charge in [-0.05, 0) is 25.0 Å². The van der Waals surface area contributed by atoms with Gasteiger partial charge >= 0.3 is 0 Å². The minimum atomic E-state index is -0.118. The van der Waals surface area contributed by atoms with Crippen LogP contribution in [0.2, 0.25) is 0 Å². The lowest BCUT2D eigenvalue weighted by molar-refractivity contribution is -0.128. The topological polar surface area (TPSA) is 72.5 Å². The molecule has 1 fully saturated rings. The molecule has 1 aliphatic heterocycles. The molecule has 4 rings (SSSR count). The SMILES string of the molecule is C=CCn1c(=O)c2ccccc2n2c(SCC(=O)N3CCCCCC3)nnc12. The standard InChI is InChI=1S/C20H23N5O2S/c1-2-11-24-18(27)15-9-5-6-10-16(15)25-19(24)21-22-20(25)28-14-17(26)23-12-7-3-4-8-13-23/h2,5-6,9-10H,1,3-4,7-8,11-14H2. The van der Waals surface area contributed by atoms with Crippen LogP contribution < -0.4 is 5.56 Å². The van der Waals surface area contributed by atoms with Gasteiger partial charge < -0.3 is 4.90 Å². The molecule has 8 heteroatoms. The van der Waals surface area contributed by atoms with E-state index in [9.17, 15) is 9.59 Å². The van der Waals surface area contributed by atoms with Gasteiger partial charge in [0.1, 0.15) is 0 Å². The fourth-order valence-corrected chi connectivity index (χ4v) is 4.50. The zero-order chi connectivity index (χ0) is 19.5. The highest BCUT2D eigenvalue weighted by Crippen LogP contribution is 2.22. The third-order valence-corrected chi connectivity index (χ3v) is 5.99. The lowest BCUT2D eigenvalue weighted by Gasteiger charge is -2.19. The van der Waals surface area contributed by atoms with Gasteiger partial charge in [-0.3, -0.25) is 18.6 Å². The molecule has 0 spiro atoms. The molecule has 1 aromatic carbocycles. The average molecular weight is 398 g/mol. The summed E-state index contributed by atoms with van der Waals surface area (Å²) in [6, 6.07) is 7.41. The van der Waals surface area contributed by atoms with Crippen LogP contribution in [0.25, 0.3) is 16.7 Å². The second-order valence-electron chi connectivity index (χ2n) is 6.92. The first kappa shape index (κ1) is 18.7. The lowest BCUT2D eigenvalue weighted by Crippen LogP contribution is -2.33. The van der Waals surface area contributed by atoms with E-state index in [0.29, 0.717) is 28.6 Å². The molecular weight excluding hydrogens is 374 g/mol. The maximum atomic E-state index is 12.8. The van der Waals surface area contributed by atoms with E-state index < -0.39 is 0 Å². The number of likely N-dealkylation sites (tertiary alicyclic amines) is 1. The Bertz CT molecular complexity index is 1080. The number of carbonyl (C=O) groups is 1. The highest BCUT2D eigenvalue weighted by molar-refractivity contribution is 7.99. The van der Waals surface area contributed by atoms with Crippen LogP contribution in [0.5, 0.6) is 0 Å². The predicted octanol–water partition coefficient (Wildman–Crippen LogP) is 2.72. The zero-order valence-electron chi connectivity index (χ0n) is 15.7. The molecular formula is C20H23N5O2S. The molecule has 0 saturated carbocycles. The maximum Gasteiger partial charge on any atom is 0.263 e. The number of nitrogens with zero attached hydrogens (tertiary/aromatic N) is 5. The number of fused-ring (bicyclic) bond motifs is 3. The normalized spacial score (nSPS) is 15.1. The fraction of sp³-hybridized carbons (Fsp3) is 0.400. The molecule has 1 aliphatic rings. The zero-order valence-corrected chi connectivity index (χ0v) is 16.5. The molecule has 3 heterocycles. The van der Waals surface area contributed by atoms with E-state index in [1.165, 1.54) is 24.6 Å². The summed E-state index contributed by atoms with van der Waals surface area (Å²) in [6.45, 7) is 5.76. The van der Waals surface area contributed by atoms with E-state index in [4.69, 9.17) is 0 Å².